The SMILES string of the molecule is Cc1nc2c(cc1-c1ccc(C[C@H](NC(=O)[C@H]3CC[C@H](CN(C(=O)O)C(C)(C)C)CC3)C(=O)Nc3ccc4[nH]c(=O)[nH]c4c3)cc1)NCCN2. The zero-order valence-electron chi connectivity index (χ0n) is 29.0. The Labute approximate surface area is 290 Å². The Kier molecular flexibility index (Phi) is 9.85. The molecule has 0 bridgehead atoms. The van der Waals surface area contributed by atoms with E-state index in [1.807, 2.05) is 52.0 Å². The number of rotatable bonds is 9. The van der Waals surface area contributed by atoms with Gasteiger partial charge in [0.05, 0.1) is 16.7 Å². The van der Waals surface area contributed by atoms with Gasteiger partial charge in [-0.25, -0.2) is 14.6 Å². The number of aromatic nitrogens is 3. The van der Waals surface area contributed by atoms with E-state index in [1.165, 1.54) is 4.90 Å². The number of carbonyl (C=O) groups is 3. The quantitative estimate of drug-likeness (QED) is 0.124. The van der Waals surface area contributed by atoms with Gasteiger partial charge in [0.15, 0.2) is 0 Å². The molecule has 3 heterocycles. The molecule has 1 aliphatic carbocycles. The van der Waals surface area contributed by atoms with E-state index < -0.39 is 17.7 Å². The predicted octanol–water partition coefficient (Wildman–Crippen LogP) is 5.31. The molecule has 0 unspecified atom stereocenters. The average molecular weight is 683 g/mol. The number of aryl methyl sites for hydroxylation is 1. The minimum Gasteiger partial charge on any atom is -0.465 e. The van der Waals surface area contributed by atoms with Gasteiger partial charge >= 0.3 is 11.8 Å². The molecular formula is C37H46N8O5. The highest BCUT2D eigenvalue weighted by Gasteiger charge is 2.33. The van der Waals surface area contributed by atoms with Crippen LogP contribution in [-0.4, -0.2) is 74.1 Å². The van der Waals surface area contributed by atoms with Gasteiger partial charge in [-0.05, 0) is 94.7 Å². The van der Waals surface area contributed by atoms with Crippen molar-refractivity contribution in [3.8, 4) is 11.1 Å². The highest BCUT2D eigenvalue weighted by molar-refractivity contribution is 5.98. The monoisotopic (exact) mass is 682 g/mol. The summed E-state index contributed by atoms with van der Waals surface area (Å²) in [5.41, 5.74) is 5.59. The molecule has 13 heteroatoms. The molecule has 0 saturated heterocycles. The van der Waals surface area contributed by atoms with Crippen LogP contribution in [0.3, 0.4) is 0 Å². The molecule has 264 valence electrons. The van der Waals surface area contributed by atoms with Crippen LogP contribution >= 0.6 is 0 Å². The van der Waals surface area contributed by atoms with Gasteiger partial charge in [0.2, 0.25) is 11.8 Å². The smallest absolute Gasteiger partial charge is 0.407 e. The molecule has 1 saturated carbocycles. The lowest BCUT2D eigenvalue weighted by Crippen LogP contribution is -2.49. The van der Waals surface area contributed by atoms with Gasteiger partial charge < -0.3 is 41.2 Å². The Hall–Kier alpha value is -5.33. The highest BCUT2D eigenvalue weighted by Crippen LogP contribution is 2.33. The molecule has 1 fully saturated rings. The van der Waals surface area contributed by atoms with Crippen molar-refractivity contribution in [2.45, 2.75) is 71.4 Å². The van der Waals surface area contributed by atoms with Gasteiger partial charge in [0, 0.05) is 54.5 Å². The summed E-state index contributed by atoms with van der Waals surface area (Å²) in [7, 11) is 0. The molecule has 2 aliphatic rings. The van der Waals surface area contributed by atoms with Gasteiger partial charge in [-0.2, -0.15) is 0 Å². The van der Waals surface area contributed by atoms with Crippen molar-refractivity contribution in [1.82, 2.24) is 25.2 Å². The lowest BCUT2D eigenvalue weighted by Gasteiger charge is -2.38. The second-order valence-corrected chi connectivity index (χ2v) is 14.4. The average Bonchev–Trinajstić information content (AvgIpc) is 3.45. The number of pyridine rings is 1. The minimum atomic E-state index is -0.940. The summed E-state index contributed by atoms with van der Waals surface area (Å²) >= 11 is 0. The summed E-state index contributed by atoms with van der Waals surface area (Å²) in [5.74, 6) is 0.183. The lowest BCUT2D eigenvalue weighted by atomic mass is 9.80. The first-order valence-electron chi connectivity index (χ1n) is 17.3. The van der Waals surface area contributed by atoms with Gasteiger partial charge in [0.25, 0.3) is 0 Å². The second kappa shape index (κ2) is 14.3. The number of H-pyrrole nitrogens is 2. The molecule has 0 spiro atoms. The molecule has 3 amide bonds. The number of imidazole rings is 1. The zero-order valence-corrected chi connectivity index (χ0v) is 29.0. The number of benzene rings is 2. The third-order valence-electron chi connectivity index (χ3n) is 9.77. The van der Waals surface area contributed by atoms with Crippen molar-refractivity contribution in [2.75, 3.05) is 35.6 Å². The van der Waals surface area contributed by atoms with E-state index in [0.29, 0.717) is 36.1 Å². The number of fused-ring (bicyclic) bond motifs is 2. The maximum absolute atomic E-state index is 13.8. The minimum absolute atomic E-state index is 0.169. The van der Waals surface area contributed by atoms with Gasteiger partial charge in [-0.15, -0.1) is 0 Å². The number of carbonyl (C=O) groups excluding carboxylic acids is 2. The number of hydrogen-bond donors (Lipinski definition) is 7. The fourth-order valence-electron chi connectivity index (χ4n) is 6.94. The topological polar surface area (TPSA) is 184 Å². The Morgan fingerprint density at radius 2 is 1.66 bits per heavy atom. The second-order valence-electron chi connectivity index (χ2n) is 14.4. The summed E-state index contributed by atoms with van der Waals surface area (Å²) in [5, 5.41) is 22.4. The third-order valence-corrected chi connectivity index (χ3v) is 9.77. The number of aromatic amines is 2. The van der Waals surface area contributed by atoms with E-state index in [9.17, 15) is 24.3 Å². The van der Waals surface area contributed by atoms with Crippen molar-refractivity contribution in [3.63, 3.8) is 0 Å². The van der Waals surface area contributed by atoms with Crippen molar-refractivity contribution < 1.29 is 19.5 Å². The Morgan fingerprint density at radius 3 is 2.36 bits per heavy atom. The van der Waals surface area contributed by atoms with Crippen LogP contribution in [0.15, 0.2) is 53.3 Å². The number of nitrogens with one attached hydrogen (secondary N) is 6. The van der Waals surface area contributed by atoms with Crippen LogP contribution in [-0.2, 0) is 16.0 Å². The molecule has 4 aromatic rings. The molecule has 0 radical (unpaired) electrons. The maximum atomic E-state index is 13.8. The summed E-state index contributed by atoms with van der Waals surface area (Å²) in [4.78, 5) is 62.7. The number of carboxylic acid groups (broad SMARTS) is 1. The lowest BCUT2D eigenvalue weighted by molar-refractivity contribution is -0.130. The first-order chi connectivity index (χ1) is 23.8. The molecule has 6 rings (SSSR count). The van der Waals surface area contributed by atoms with E-state index in [-0.39, 0.29) is 35.8 Å². The van der Waals surface area contributed by atoms with Crippen LogP contribution < -0.4 is 27.0 Å². The van der Waals surface area contributed by atoms with Crippen LogP contribution in [0, 0.1) is 18.8 Å². The summed E-state index contributed by atoms with van der Waals surface area (Å²) < 4.78 is 0. The summed E-state index contributed by atoms with van der Waals surface area (Å²) in [6.07, 6.45) is 2.02. The first kappa shape index (κ1) is 34.5. The largest absolute Gasteiger partial charge is 0.465 e. The van der Waals surface area contributed by atoms with Gasteiger partial charge in [-0.3, -0.25) is 9.59 Å². The van der Waals surface area contributed by atoms with Crippen LogP contribution in [0.2, 0.25) is 0 Å². The van der Waals surface area contributed by atoms with Gasteiger partial charge in [-0.1, -0.05) is 24.3 Å². The molecule has 1 aliphatic heterocycles. The molecule has 2 aromatic carbocycles. The van der Waals surface area contributed by atoms with Crippen molar-refractivity contribution in [3.05, 3.63) is 70.3 Å². The third kappa shape index (κ3) is 7.93. The van der Waals surface area contributed by atoms with Crippen molar-refractivity contribution >= 4 is 46.1 Å². The molecule has 7 N–H and O–H groups in total. The Balaban J connectivity index is 1.16. The summed E-state index contributed by atoms with van der Waals surface area (Å²) in [6, 6.07) is 14.3. The zero-order chi connectivity index (χ0) is 35.6. The van der Waals surface area contributed by atoms with Crippen LogP contribution in [0.5, 0.6) is 0 Å². The molecule has 50 heavy (non-hydrogen) atoms. The van der Waals surface area contributed by atoms with E-state index in [4.69, 9.17) is 4.98 Å². The summed E-state index contributed by atoms with van der Waals surface area (Å²) in [6.45, 7) is 9.71. The Bertz CT molecular complexity index is 1940. The number of anilines is 3. The molecule has 2 aromatic heterocycles. The fourth-order valence-corrected chi connectivity index (χ4v) is 6.94. The van der Waals surface area contributed by atoms with Crippen LogP contribution in [0.1, 0.15) is 57.7 Å². The maximum Gasteiger partial charge on any atom is 0.407 e. The normalized spacial score (nSPS) is 17.9. The molecule has 1 atom stereocenters. The number of amides is 3. The van der Waals surface area contributed by atoms with Crippen molar-refractivity contribution in [1.29, 1.82) is 0 Å². The van der Waals surface area contributed by atoms with E-state index in [0.717, 1.165) is 59.8 Å². The van der Waals surface area contributed by atoms with Crippen LogP contribution in [0.25, 0.3) is 22.2 Å². The number of nitrogens with zero attached hydrogens (tertiary/aromatic N) is 2. The standard InChI is InChI=1S/C37H46N8O5/c1-21-27(19-30-32(40-21)39-16-15-38-30)24-9-5-22(6-10-24)17-31(34(47)41-26-13-14-28-29(18-26)44-35(48)43-28)42-33(46)25-11-7-23(8-12-25)20-45(36(49)50)37(2,3)4/h5-6,9-10,13-14,18-19,23,25,31,38H,7-8,11-12,15-17,20H2,1-4H3,(H,39,40)(H,41,47)(H,42,46)(H,49,50)(H2,43,44,48)/t23-,25-,31-/m0/s1. The van der Waals surface area contributed by atoms with E-state index in [1.54, 1.807) is 18.2 Å². The molecule has 13 nitrogen and oxygen atoms in total. The van der Waals surface area contributed by atoms with E-state index >= 15 is 0 Å². The predicted molar refractivity (Wildman–Crippen MR) is 195 cm³/mol. The van der Waals surface area contributed by atoms with Gasteiger partial charge in [0.1, 0.15) is 11.9 Å². The van der Waals surface area contributed by atoms with Crippen LogP contribution in [0.4, 0.5) is 22.0 Å². The highest BCUT2D eigenvalue weighted by atomic mass is 16.4. The molecular weight excluding hydrogens is 636 g/mol. The van der Waals surface area contributed by atoms with Crippen molar-refractivity contribution in [2.24, 2.45) is 11.8 Å². The van der Waals surface area contributed by atoms with E-state index in [2.05, 4.69) is 37.3 Å². The Morgan fingerprint density at radius 1 is 0.960 bits per heavy atom. The number of hydrogen-bond acceptors (Lipinski definition) is 7. The fraction of sp³-hybridized carbons (Fsp3) is 0.432. The first-order valence-corrected chi connectivity index (χ1v) is 17.3.